The summed E-state index contributed by atoms with van der Waals surface area (Å²) >= 11 is 0. The van der Waals surface area contributed by atoms with E-state index in [0.29, 0.717) is 18.2 Å². The zero-order chi connectivity index (χ0) is 10.2. The number of hydrogen-bond donors (Lipinski definition) is 1. The Morgan fingerprint density at radius 3 is 2.64 bits per heavy atom. The number of nitrogens with zero attached hydrogens (tertiary/aromatic N) is 1. The predicted octanol–water partition coefficient (Wildman–Crippen LogP) is 1.13. The third-order valence-corrected chi connectivity index (χ3v) is 3.46. The largest absolute Gasteiger partial charge is 0.339 e. The monoisotopic (exact) mass is 196 g/mol. The first-order chi connectivity index (χ1) is 6.65. The van der Waals surface area contributed by atoms with Gasteiger partial charge in [0.05, 0.1) is 5.54 Å². The molecule has 1 aliphatic heterocycles. The second-order valence-corrected chi connectivity index (χ2v) is 4.86. The van der Waals surface area contributed by atoms with Gasteiger partial charge in [-0.15, -0.1) is 0 Å². The van der Waals surface area contributed by atoms with Gasteiger partial charge in [0.1, 0.15) is 0 Å². The van der Waals surface area contributed by atoms with Crippen LogP contribution in [0.3, 0.4) is 0 Å². The van der Waals surface area contributed by atoms with Gasteiger partial charge < -0.3 is 10.6 Å². The Morgan fingerprint density at radius 2 is 2.14 bits per heavy atom. The summed E-state index contributed by atoms with van der Waals surface area (Å²) in [6.45, 7) is 3.72. The molecule has 0 spiro atoms. The van der Waals surface area contributed by atoms with Gasteiger partial charge in [0.25, 0.3) is 0 Å². The summed E-state index contributed by atoms with van der Waals surface area (Å²) in [5.41, 5.74) is 6.16. The molecule has 2 aliphatic rings. The topological polar surface area (TPSA) is 46.3 Å². The second-order valence-electron chi connectivity index (χ2n) is 4.86. The minimum atomic E-state index is -0.0120. The van der Waals surface area contributed by atoms with Crippen molar-refractivity contribution < 1.29 is 4.79 Å². The molecule has 0 aromatic carbocycles. The van der Waals surface area contributed by atoms with E-state index in [-0.39, 0.29) is 5.54 Å². The highest BCUT2D eigenvalue weighted by Gasteiger charge is 2.51. The summed E-state index contributed by atoms with van der Waals surface area (Å²) in [7, 11) is 0. The summed E-state index contributed by atoms with van der Waals surface area (Å²) in [6.07, 6.45) is 5.35. The van der Waals surface area contributed by atoms with Crippen LogP contribution < -0.4 is 5.73 Å². The molecule has 3 nitrogen and oxygen atoms in total. The van der Waals surface area contributed by atoms with Gasteiger partial charge in [-0.05, 0) is 25.2 Å². The van der Waals surface area contributed by atoms with E-state index in [1.54, 1.807) is 0 Å². The van der Waals surface area contributed by atoms with Gasteiger partial charge in [0, 0.05) is 19.5 Å². The number of hydrogen-bond acceptors (Lipinski definition) is 2. The maximum Gasteiger partial charge on any atom is 0.222 e. The molecule has 1 heterocycles. The van der Waals surface area contributed by atoms with E-state index >= 15 is 0 Å². The molecule has 0 atom stereocenters. The van der Waals surface area contributed by atoms with Crippen LogP contribution in [0.5, 0.6) is 0 Å². The molecule has 1 amide bonds. The maximum absolute atomic E-state index is 11.6. The van der Waals surface area contributed by atoms with Crippen LogP contribution in [0.2, 0.25) is 0 Å². The predicted molar refractivity (Wildman–Crippen MR) is 55.7 cm³/mol. The molecule has 0 aromatic heterocycles. The minimum Gasteiger partial charge on any atom is -0.339 e. The van der Waals surface area contributed by atoms with Crippen LogP contribution in [0.4, 0.5) is 0 Å². The van der Waals surface area contributed by atoms with Crippen LogP contribution in [0, 0.1) is 5.92 Å². The fraction of sp³-hybridized carbons (Fsp3) is 0.909. The van der Waals surface area contributed by atoms with Crippen molar-refractivity contribution in [1.29, 1.82) is 0 Å². The lowest BCUT2D eigenvalue weighted by Crippen LogP contribution is -2.69. The van der Waals surface area contributed by atoms with Crippen molar-refractivity contribution in [3.8, 4) is 0 Å². The lowest BCUT2D eigenvalue weighted by atomic mass is 9.85. The van der Waals surface area contributed by atoms with Gasteiger partial charge >= 0.3 is 0 Å². The van der Waals surface area contributed by atoms with Crippen LogP contribution in [0.15, 0.2) is 0 Å². The molecule has 0 bridgehead atoms. The number of likely N-dealkylation sites (tertiary alicyclic amines) is 1. The molecule has 0 unspecified atom stereocenters. The van der Waals surface area contributed by atoms with Crippen molar-refractivity contribution in [2.75, 3.05) is 13.1 Å². The zero-order valence-electron chi connectivity index (χ0n) is 8.96. The van der Waals surface area contributed by atoms with E-state index in [2.05, 4.69) is 6.92 Å². The van der Waals surface area contributed by atoms with Crippen molar-refractivity contribution in [3.05, 3.63) is 0 Å². The molecule has 0 radical (unpaired) electrons. The lowest BCUT2D eigenvalue weighted by Gasteiger charge is -2.48. The Balaban J connectivity index is 1.73. The van der Waals surface area contributed by atoms with Crippen LogP contribution in [0.1, 0.15) is 39.0 Å². The van der Waals surface area contributed by atoms with Gasteiger partial charge in [-0.2, -0.15) is 0 Å². The van der Waals surface area contributed by atoms with Crippen LogP contribution in [-0.2, 0) is 4.79 Å². The van der Waals surface area contributed by atoms with Gasteiger partial charge in [-0.25, -0.2) is 0 Å². The minimum absolute atomic E-state index is 0.0120. The Morgan fingerprint density at radius 1 is 1.50 bits per heavy atom. The Labute approximate surface area is 85.6 Å². The van der Waals surface area contributed by atoms with E-state index in [1.165, 1.54) is 12.8 Å². The SMILES string of the molecule is CCCCC(=O)N1CC(N)(C2CC2)C1. The molecule has 80 valence electrons. The number of carbonyl (C=O) groups is 1. The Kier molecular flexibility index (Phi) is 2.52. The number of unbranched alkanes of at least 4 members (excludes halogenated alkanes) is 1. The molecule has 1 saturated heterocycles. The molecule has 0 aromatic rings. The molecular weight excluding hydrogens is 176 g/mol. The lowest BCUT2D eigenvalue weighted by molar-refractivity contribution is -0.139. The summed E-state index contributed by atoms with van der Waals surface area (Å²) in [5.74, 6) is 1.01. The molecule has 1 saturated carbocycles. The summed E-state index contributed by atoms with van der Waals surface area (Å²) in [4.78, 5) is 13.5. The molecule has 2 N–H and O–H groups in total. The van der Waals surface area contributed by atoms with Crippen molar-refractivity contribution in [3.63, 3.8) is 0 Å². The van der Waals surface area contributed by atoms with Gasteiger partial charge in [-0.3, -0.25) is 4.79 Å². The van der Waals surface area contributed by atoms with Gasteiger partial charge in [0.15, 0.2) is 0 Å². The van der Waals surface area contributed by atoms with Crippen molar-refractivity contribution in [2.24, 2.45) is 11.7 Å². The molecule has 14 heavy (non-hydrogen) atoms. The number of rotatable bonds is 4. The number of nitrogens with two attached hydrogens (primary N) is 1. The first-order valence-electron chi connectivity index (χ1n) is 5.72. The smallest absolute Gasteiger partial charge is 0.222 e. The first kappa shape index (κ1) is 9.97. The molecular formula is C11H20N2O. The maximum atomic E-state index is 11.6. The fourth-order valence-corrected chi connectivity index (χ4v) is 2.24. The normalized spacial score (nSPS) is 24.6. The highest BCUT2D eigenvalue weighted by molar-refractivity contribution is 5.77. The van der Waals surface area contributed by atoms with E-state index in [9.17, 15) is 4.79 Å². The van der Waals surface area contributed by atoms with E-state index in [1.807, 2.05) is 4.90 Å². The standard InChI is InChI=1S/C11H20N2O/c1-2-3-4-10(14)13-7-11(12,8-13)9-5-6-9/h9H,2-8,12H2,1H3. The average Bonchev–Trinajstić information content (AvgIpc) is 2.92. The highest BCUT2D eigenvalue weighted by atomic mass is 16.2. The molecule has 1 aliphatic carbocycles. The quantitative estimate of drug-likeness (QED) is 0.732. The van der Waals surface area contributed by atoms with Crippen molar-refractivity contribution >= 4 is 5.91 Å². The average molecular weight is 196 g/mol. The van der Waals surface area contributed by atoms with Crippen LogP contribution >= 0.6 is 0 Å². The highest BCUT2D eigenvalue weighted by Crippen LogP contribution is 2.43. The Hall–Kier alpha value is -0.570. The van der Waals surface area contributed by atoms with Gasteiger partial charge in [-0.1, -0.05) is 13.3 Å². The van der Waals surface area contributed by atoms with Crippen molar-refractivity contribution in [1.82, 2.24) is 4.90 Å². The molecule has 2 fully saturated rings. The van der Waals surface area contributed by atoms with Crippen LogP contribution in [0.25, 0.3) is 0 Å². The van der Waals surface area contributed by atoms with Gasteiger partial charge in [0.2, 0.25) is 5.91 Å². The van der Waals surface area contributed by atoms with E-state index < -0.39 is 0 Å². The summed E-state index contributed by atoms with van der Waals surface area (Å²) < 4.78 is 0. The number of carbonyl (C=O) groups excluding carboxylic acids is 1. The summed E-state index contributed by atoms with van der Waals surface area (Å²) in [6, 6.07) is 0. The third-order valence-electron chi connectivity index (χ3n) is 3.46. The molecule has 3 heteroatoms. The summed E-state index contributed by atoms with van der Waals surface area (Å²) in [5, 5.41) is 0. The molecule has 2 rings (SSSR count). The Bertz CT molecular complexity index is 229. The van der Waals surface area contributed by atoms with Crippen molar-refractivity contribution in [2.45, 2.75) is 44.6 Å². The number of amides is 1. The first-order valence-corrected chi connectivity index (χ1v) is 5.72. The van der Waals surface area contributed by atoms with E-state index in [0.717, 1.165) is 25.9 Å². The fourth-order valence-electron chi connectivity index (χ4n) is 2.24. The van der Waals surface area contributed by atoms with Crippen LogP contribution in [-0.4, -0.2) is 29.4 Å². The second kappa shape index (κ2) is 3.54. The third kappa shape index (κ3) is 1.78. The zero-order valence-corrected chi connectivity index (χ0v) is 8.96. The van der Waals surface area contributed by atoms with E-state index in [4.69, 9.17) is 5.73 Å².